The Hall–Kier alpha value is -1.32. The molecule has 0 amide bonds. The van der Waals surface area contributed by atoms with E-state index < -0.39 is 10.0 Å². The Bertz CT molecular complexity index is 719. The first kappa shape index (κ1) is 15.1. The number of hydrogen-bond donors (Lipinski definition) is 2. The van der Waals surface area contributed by atoms with Gasteiger partial charge >= 0.3 is 6.01 Å². The predicted octanol–water partition coefficient (Wildman–Crippen LogP) is 2.42. The van der Waals surface area contributed by atoms with Crippen LogP contribution >= 0.6 is 27.5 Å². The zero-order valence-electron chi connectivity index (χ0n) is 10.2. The van der Waals surface area contributed by atoms with E-state index in [0.717, 1.165) is 0 Å². The number of nitrogens with zero attached hydrogens (tertiary/aromatic N) is 2. The second-order valence-electron chi connectivity index (χ2n) is 3.58. The van der Waals surface area contributed by atoms with Crippen LogP contribution in [-0.2, 0) is 10.0 Å². The second-order valence-corrected chi connectivity index (χ2v) is 6.55. The average Bonchev–Trinajstić information content (AvgIpc) is 2.75. The minimum Gasteiger partial charge on any atom is -0.463 e. The molecule has 0 aliphatic rings. The summed E-state index contributed by atoms with van der Waals surface area (Å²) in [7, 11) is -3.85. The van der Waals surface area contributed by atoms with Gasteiger partial charge in [0.1, 0.15) is 4.90 Å². The predicted molar refractivity (Wildman–Crippen MR) is 77.5 cm³/mol. The molecule has 20 heavy (non-hydrogen) atoms. The Morgan fingerprint density at radius 2 is 2.25 bits per heavy atom. The minimum absolute atomic E-state index is 0.0487. The first-order valence-electron chi connectivity index (χ1n) is 5.45. The summed E-state index contributed by atoms with van der Waals surface area (Å²) in [5.74, 6) is -0.0487. The lowest BCUT2D eigenvalue weighted by Gasteiger charge is -2.06. The Balaban J connectivity index is 2.26. The molecule has 0 spiro atoms. The van der Waals surface area contributed by atoms with Crippen molar-refractivity contribution in [3.63, 3.8) is 0 Å². The fourth-order valence-electron chi connectivity index (χ4n) is 1.36. The zero-order valence-corrected chi connectivity index (χ0v) is 13.4. The lowest BCUT2D eigenvalue weighted by molar-refractivity contribution is 0.314. The van der Waals surface area contributed by atoms with Gasteiger partial charge in [0.15, 0.2) is 0 Å². The van der Waals surface area contributed by atoms with Crippen LogP contribution in [0.4, 0.5) is 5.95 Å². The van der Waals surface area contributed by atoms with Crippen LogP contribution in [0.25, 0.3) is 0 Å². The number of aromatic amines is 1. The minimum atomic E-state index is -3.85. The molecule has 10 heteroatoms. The number of benzene rings is 1. The molecule has 1 aromatic carbocycles. The summed E-state index contributed by atoms with van der Waals surface area (Å²) in [6.07, 6.45) is 0. The largest absolute Gasteiger partial charge is 0.463 e. The number of H-pyrrole nitrogens is 1. The maximum atomic E-state index is 12.2. The number of halogens is 2. The lowest BCUT2D eigenvalue weighted by atomic mass is 10.4. The topological polar surface area (TPSA) is 97.0 Å². The van der Waals surface area contributed by atoms with Crippen LogP contribution in [0.1, 0.15) is 6.92 Å². The second kappa shape index (κ2) is 5.98. The highest BCUT2D eigenvalue weighted by Gasteiger charge is 2.20. The van der Waals surface area contributed by atoms with Gasteiger partial charge in [-0.2, -0.15) is 4.98 Å². The van der Waals surface area contributed by atoms with Gasteiger partial charge in [0, 0.05) is 4.47 Å². The highest BCUT2D eigenvalue weighted by Crippen LogP contribution is 2.26. The maximum Gasteiger partial charge on any atom is 0.337 e. The maximum absolute atomic E-state index is 12.2. The molecule has 2 aromatic rings. The van der Waals surface area contributed by atoms with Crippen molar-refractivity contribution in [2.45, 2.75) is 11.8 Å². The van der Waals surface area contributed by atoms with Crippen molar-refractivity contribution >= 4 is 43.5 Å². The molecule has 0 aliphatic carbocycles. The van der Waals surface area contributed by atoms with Crippen LogP contribution in [0, 0.1) is 0 Å². The van der Waals surface area contributed by atoms with Crippen molar-refractivity contribution < 1.29 is 13.2 Å². The molecule has 2 N–H and O–H groups in total. The van der Waals surface area contributed by atoms with Crippen LogP contribution in [0.15, 0.2) is 27.6 Å². The van der Waals surface area contributed by atoms with Crippen molar-refractivity contribution in [1.82, 2.24) is 15.2 Å². The molecule has 0 saturated heterocycles. The molecule has 108 valence electrons. The fourth-order valence-corrected chi connectivity index (χ4v) is 3.36. The van der Waals surface area contributed by atoms with Crippen LogP contribution in [-0.4, -0.2) is 30.2 Å². The number of rotatable bonds is 5. The van der Waals surface area contributed by atoms with Crippen molar-refractivity contribution in [2.24, 2.45) is 0 Å². The number of hydrogen-bond acceptors (Lipinski definition) is 5. The average molecular weight is 382 g/mol. The molecular weight excluding hydrogens is 372 g/mol. The molecule has 2 rings (SSSR count). The SMILES string of the molecule is CCOc1n[nH]c(NS(=O)(=O)c2ccc(Br)cc2Cl)n1. The monoisotopic (exact) mass is 380 g/mol. The van der Waals surface area contributed by atoms with Crippen LogP contribution in [0.5, 0.6) is 6.01 Å². The molecule has 7 nitrogen and oxygen atoms in total. The molecule has 0 bridgehead atoms. The quantitative estimate of drug-likeness (QED) is 0.829. The number of aromatic nitrogens is 3. The van der Waals surface area contributed by atoms with E-state index in [1.165, 1.54) is 12.1 Å². The summed E-state index contributed by atoms with van der Waals surface area (Å²) in [4.78, 5) is 3.77. The van der Waals surface area contributed by atoms with Crippen LogP contribution in [0.2, 0.25) is 5.02 Å². The molecule has 1 aromatic heterocycles. The van der Waals surface area contributed by atoms with E-state index in [9.17, 15) is 8.42 Å². The summed E-state index contributed by atoms with van der Waals surface area (Å²) >= 11 is 9.12. The van der Waals surface area contributed by atoms with Crippen molar-refractivity contribution in [2.75, 3.05) is 11.3 Å². The summed E-state index contributed by atoms with van der Waals surface area (Å²) < 4.78 is 32.3. The molecule has 1 heterocycles. The molecule has 0 saturated carbocycles. The smallest absolute Gasteiger partial charge is 0.337 e. The van der Waals surface area contributed by atoms with Gasteiger partial charge in [-0.1, -0.05) is 27.5 Å². The van der Waals surface area contributed by atoms with E-state index >= 15 is 0 Å². The first-order valence-corrected chi connectivity index (χ1v) is 8.11. The molecule has 0 aliphatic heterocycles. The lowest BCUT2D eigenvalue weighted by Crippen LogP contribution is -2.14. The van der Waals surface area contributed by atoms with E-state index in [-0.39, 0.29) is 21.9 Å². The summed E-state index contributed by atoms with van der Waals surface area (Å²) in [6, 6.07) is 4.51. The van der Waals surface area contributed by atoms with Gasteiger partial charge in [0.2, 0.25) is 5.95 Å². The zero-order chi connectivity index (χ0) is 14.8. The Morgan fingerprint density at radius 3 is 2.90 bits per heavy atom. The van der Waals surface area contributed by atoms with Gasteiger partial charge in [-0.3, -0.25) is 0 Å². The Kier molecular flexibility index (Phi) is 4.51. The standard InChI is InChI=1S/C10H10BrClN4O3S/c1-2-19-10-13-9(14-15-10)16-20(17,18)8-4-3-6(11)5-7(8)12/h3-5H,2H2,1H3,(H2,13,14,15,16). The van der Waals surface area contributed by atoms with Gasteiger partial charge in [-0.25, -0.2) is 18.2 Å². The third-order valence-electron chi connectivity index (χ3n) is 2.15. The highest BCUT2D eigenvalue weighted by atomic mass is 79.9. The number of anilines is 1. The fraction of sp³-hybridized carbons (Fsp3) is 0.200. The summed E-state index contributed by atoms with van der Waals surface area (Å²) in [5.41, 5.74) is 0. The van der Waals surface area contributed by atoms with Gasteiger partial charge in [-0.15, -0.1) is 5.10 Å². The van der Waals surface area contributed by atoms with Gasteiger partial charge in [0.05, 0.1) is 11.6 Å². The normalized spacial score (nSPS) is 11.3. The summed E-state index contributed by atoms with van der Waals surface area (Å²) in [6.45, 7) is 2.14. The number of sulfonamides is 1. The molecule has 0 radical (unpaired) electrons. The van der Waals surface area contributed by atoms with Crippen LogP contribution in [0.3, 0.4) is 0 Å². The molecular formula is C10H10BrClN4O3S. The molecule has 0 unspecified atom stereocenters. The van der Waals surface area contributed by atoms with E-state index in [1.807, 2.05) is 0 Å². The van der Waals surface area contributed by atoms with Gasteiger partial charge in [-0.05, 0) is 25.1 Å². The van der Waals surface area contributed by atoms with E-state index in [1.54, 1.807) is 13.0 Å². The van der Waals surface area contributed by atoms with E-state index in [0.29, 0.717) is 11.1 Å². The van der Waals surface area contributed by atoms with Crippen molar-refractivity contribution in [3.8, 4) is 6.01 Å². The first-order chi connectivity index (χ1) is 9.42. The third kappa shape index (κ3) is 3.41. The molecule has 0 fully saturated rings. The third-order valence-corrected chi connectivity index (χ3v) is 4.47. The van der Waals surface area contributed by atoms with Crippen molar-refractivity contribution in [3.05, 3.63) is 27.7 Å². The van der Waals surface area contributed by atoms with Crippen LogP contribution < -0.4 is 9.46 Å². The molecule has 0 atom stereocenters. The summed E-state index contributed by atoms with van der Waals surface area (Å²) in [5, 5.41) is 6.21. The Morgan fingerprint density at radius 1 is 1.50 bits per heavy atom. The van der Waals surface area contributed by atoms with Crippen molar-refractivity contribution in [1.29, 1.82) is 0 Å². The number of ether oxygens (including phenoxy) is 1. The number of nitrogens with one attached hydrogen (secondary N) is 2. The Labute approximate surface area is 128 Å². The van der Waals surface area contributed by atoms with E-state index in [2.05, 4.69) is 35.8 Å². The highest BCUT2D eigenvalue weighted by molar-refractivity contribution is 9.10. The van der Waals surface area contributed by atoms with Gasteiger partial charge < -0.3 is 4.74 Å². The van der Waals surface area contributed by atoms with E-state index in [4.69, 9.17) is 16.3 Å². The van der Waals surface area contributed by atoms with Gasteiger partial charge in [0.25, 0.3) is 10.0 Å².